The number of ether oxygens (including phenoxy) is 1. The second kappa shape index (κ2) is 10.0. The maximum absolute atomic E-state index is 13.0. The smallest absolute Gasteiger partial charge is 0.414 e. The quantitative estimate of drug-likeness (QED) is 0.529. The number of fused-ring (bicyclic) bond motifs is 1. The summed E-state index contributed by atoms with van der Waals surface area (Å²) in [5.74, 6) is -2.38. The van der Waals surface area contributed by atoms with Crippen molar-refractivity contribution >= 4 is 23.5 Å². The molecule has 6 rings (SSSR count). The van der Waals surface area contributed by atoms with Crippen molar-refractivity contribution in [3.05, 3.63) is 60.2 Å². The van der Waals surface area contributed by atoms with E-state index in [2.05, 4.69) is 63.6 Å². The van der Waals surface area contributed by atoms with Crippen molar-refractivity contribution in [2.45, 2.75) is 62.1 Å². The van der Waals surface area contributed by atoms with Crippen molar-refractivity contribution in [3.63, 3.8) is 0 Å². The monoisotopic (exact) mass is 507 g/mol. The molecule has 196 valence electrons. The maximum atomic E-state index is 13.0. The zero-order valence-electron chi connectivity index (χ0n) is 20.8. The highest BCUT2D eigenvalue weighted by Crippen LogP contribution is 2.50. The molecule has 4 aliphatic rings. The van der Waals surface area contributed by atoms with Crippen LogP contribution in [0.1, 0.15) is 56.6 Å². The molecule has 2 aromatic rings. The number of piperidine rings is 1. The number of carboxylic acid groups (broad SMARTS) is 2. The summed E-state index contributed by atoms with van der Waals surface area (Å²) in [7, 11) is 0. The molecule has 1 aliphatic carbocycles. The Labute approximate surface area is 216 Å². The van der Waals surface area contributed by atoms with Crippen molar-refractivity contribution in [2.24, 2.45) is 0 Å². The van der Waals surface area contributed by atoms with Gasteiger partial charge in [0, 0.05) is 36.8 Å². The summed E-state index contributed by atoms with van der Waals surface area (Å²) in [5, 5.41) is 17.9. The highest BCUT2D eigenvalue weighted by Gasteiger charge is 2.52. The van der Waals surface area contributed by atoms with Crippen LogP contribution < -0.4 is 15.0 Å². The Bertz CT molecular complexity index is 1140. The molecule has 0 radical (unpaired) electrons. The summed E-state index contributed by atoms with van der Waals surface area (Å²) < 4.78 is 6.59. The molecule has 3 N–H and O–H groups in total. The summed E-state index contributed by atoms with van der Waals surface area (Å²) in [4.78, 5) is 36.1. The van der Waals surface area contributed by atoms with Gasteiger partial charge in [-0.25, -0.2) is 9.59 Å². The van der Waals surface area contributed by atoms with Crippen LogP contribution >= 0.6 is 0 Å². The number of hydrogen-bond donors (Lipinski definition) is 3. The molecule has 37 heavy (non-hydrogen) atoms. The van der Waals surface area contributed by atoms with Crippen LogP contribution in [0.4, 0.5) is 5.69 Å². The number of rotatable bonds is 2. The van der Waals surface area contributed by atoms with Crippen LogP contribution in [0.25, 0.3) is 0 Å². The van der Waals surface area contributed by atoms with Gasteiger partial charge in [-0.1, -0.05) is 36.4 Å². The molecular formula is C28H33N3O6. The number of carbonyl (C=O) groups excluding carboxylic acids is 1. The molecular weight excluding hydrogens is 474 g/mol. The number of nitrogens with one attached hydrogen (secondary N) is 1. The standard InChI is InChI=1S/C26H31N3O2.C2H2O4/c30-24-26(29(19-27-24)20-8-2-1-3-9-20)14-16-28(17-15-26)22-18-25(12-6-7-13-25)31-23-11-5-4-10-21(22)23;3-1(4)2(5)6/h1-5,8-11,22H,6-7,12-19H2,(H,27,30);(H,3,4)(H,5,6). The van der Waals surface area contributed by atoms with Crippen molar-refractivity contribution in [1.29, 1.82) is 0 Å². The summed E-state index contributed by atoms with van der Waals surface area (Å²) in [5.41, 5.74) is 2.05. The van der Waals surface area contributed by atoms with Gasteiger partial charge in [0.1, 0.15) is 16.9 Å². The zero-order chi connectivity index (χ0) is 26.0. The third-order valence-electron chi connectivity index (χ3n) is 8.34. The minimum Gasteiger partial charge on any atom is -0.487 e. The lowest BCUT2D eigenvalue weighted by molar-refractivity contribution is -0.159. The first kappa shape index (κ1) is 25.1. The van der Waals surface area contributed by atoms with Gasteiger partial charge in [-0.15, -0.1) is 0 Å². The molecule has 1 unspecified atom stereocenters. The lowest BCUT2D eigenvalue weighted by atomic mass is 9.81. The van der Waals surface area contributed by atoms with Crippen molar-refractivity contribution in [2.75, 3.05) is 24.7 Å². The van der Waals surface area contributed by atoms with Crippen LogP contribution in [0, 0.1) is 0 Å². The van der Waals surface area contributed by atoms with Gasteiger partial charge < -0.3 is 25.2 Å². The molecule has 3 heterocycles. The summed E-state index contributed by atoms with van der Waals surface area (Å²) in [6.07, 6.45) is 7.67. The van der Waals surface area contributed by atoms with E-state index in [1.54, 1.807) is 0 Å². The summed E-state index contributed by atoms with van der Waals surface area (Å²) >= 11 is 0. The van der Waals surface area contributed by atoms with Crippen molar-refractivity contribution < 1.29 is 29.3 Å². The Morgan fingerprint density at radius 2 is 1.51 bits per heavy atom. The van der Waals surface area contributed by atoms with Crippen LogP contribution in [0.15, 0.2) is 54.6 Å². The number of benzene rings is 2. The van der Waals surface area contributed by atoms with Gasteiger partial charge in [-0.2, -0.15) is 0 Å². The van der Waals surface area contributed by atoms with Crippen LogP contribution in [0.5, 0.6) is 5.75 Å². The largest absolute Gasteiger partial charge is 0.487 e. The average Bonchev–Trinajstić information content (AvgIpc) is 3.49. The van der Waals surface area contributed by atoms with E-state index in [4.69, 9.17) is 24.5 Å². The first-order valence-corrected chi connectivity index (χ1v) is 12.9. The van der Waals surface area contributed by atoms with E-state index in [1.165, 1.54) is 31.2 Å². The summed E-state index contributed by atoms with van der Waals surface area (Å²) in [6, 6.07) is 19.4. The zero-order valence-corrected chi connectivity index (χ0v) is 20.8. The molecule has 0 aromatic heterocycles. The highest BCUT2D eigenvalue weighted by molar-refractivity contribution is 6.27. The fourth-order valence-corrected chi connectivity index (χ4v) is 6.48. The van der Waals surface area contributed by atoms with Crippen LogP contribution in [0.3, 0.4) is 0 Å². The number of anilines is 1. The molecule has 1 saturated carbocycles. The number of carboxylic acids is 2. The van der Waals surface area contributed by atoms with Crippen molar-refractivity contribution in [1.82, 2.24) is 10.2 Å². The number of hydrogen-bond acceptors (Lipinski definition) is 6. The van der Waals surface area contributed by atoms with Crippen LogP contribution in [-0.4, -0.2) is 63.9 Å². The topological polar surface area (TPSA) is 119 Å². The minimum absolute atomic E-state index is 0.00889. The Kier molecular flexibility index (Phi) is 6.81. The van der Waals surface area contributed by atoms with E-state index in [0.717, 1.165) is 43.8 Å². The Hall–Kier alpha value is -3.59. The highest BCUT2D eigenvalue weighted by atomic mass is 16.5. The van der Waals surface area contributed by atoms with E-state index >= 15 is 0 Å². The van der Waals surface area contributed by atoms with Gasteiger partial charge in [0.15, 0.2) is 0 Å². The lowest BCUT2D eigenvalue weighted by Crippen LogP contribution is -2.57. The van der Waals surface area contributed by atoms with Crippen LogP contribution in [-0.2, 0) is 14.4 Å². The molecule has 1 atom stereocenters. The van der Waals surface area contributed by atoms with Gasteiger partial charge in [-0.3, -0.25) is 9.69 Å². The second-order valence-corrected chi connectivity index (χ2v) is 10.4. The van der Waals surface area contributed by atoms with E-state index in [0.29, 0.717) is 12.7 Å². The number of likely N-dealkylation sites (tertiary alicyclic amines) is 1. The predicted molar refractivity (Wildman–Crippen MR) is 136 cm³/mol. The Balaban J connectivity index is 0.000000421. The Morgan fingerprint density at radius 1 is 0.892 bits per heavy atom. The first-order valence-electron chi connectivity index (χ1n) is 12.9. The van der Waals surface area contributed by atoms with E-state index in [1.807, 2.05) is 6.07 Å². The minimum atomic E-state index is -1.82. The molecule has 2 aromatic carbocycles. The molecule has 9 nitrogen and oxygen atoms in total. The van der Waals surface area contributed by atoms with Gasteiger partial charge in [0.25, 0.3) is 0 Å². The second-order valence-electron chi connectivity index (χ2n) is 10.4. The number of nitrogens with zero attached hydrogens (tertiary/aromatic N) is 2. The molecule has 9 heteroatoms. The average molecular weight is 508 g/mol. The fraction of sp³-hybridized carbons (Fsp3) is 0.464. The molecule has 1 amide bonds. The number of aliphatic carboxylic acids is 2. The molecule has 3 fully saturated rings. The normalized spacial score (nSPS) is 23.5. The van der Waals surface area contributed by atoms with Gasteiger partial charge in [-0.05, 0) is 56.7 Å². The molecule has 2 saturated heterocycles. The number of carbonyl (C=O) groups is 3. The number of para-hydroxylation sites is 2. The van der Waals surface area contributed by atoms with Gasteiger partial charge in [0.2, 0.25) is 5.91 Å². The lowest BCUT2D eigenvalue weighted by Gasteiger charge is -2.49. The summed E-state index contributed by atoms with van der Waals surface area (Å²) in [6.45, 7) is 2.48. The molecule has 0 bridgehead atoms. The van der Waals surface area contributed by atoms with Gasteiger partial charge in [0.05, 0.1) is 6.67 Å². The van der Waals surface area contributed by atoms with E-state index in [-0.39, 0.29) is 11.5 Å². The third-order valence-corrected chi connectivity index (χ3v) is 8.34. The van der Waals surface area contributed by atoms with Gasteiger partial charge >= 0.3 is 11.9 Å². The predicted octanol–water partition coefficient (Wildman–Crippen LogP) is 3.41. The third kappa shape index (κ3) is 4.75. The number of amides is 1. The fourth-order valence-electron chi connectivity index (χ4n) is 6.48. The Morgan fingerprint density at radius 3 is 2.16 bits per heavy atom. The maximum Gasteiger partial charge on any atom is 0.414 e. The molecule has 3 aliphatic heterocycles. The van der Waals surface area contributed by atoms with E-state index < -0.39 is 17.5 Å². The van der Waals surface area contributed by atoms with E-state index in [9.17, 15) is 4.79 Å². The van der Waals surface area contributed by atoms with Crippen molar-refractivity contribution in [3.8, 4) is 5.75 Å². The SMILES string of the molecule is O=C(O)C(=O)O.O=C1NCN(c2ccccc2)C12CCN(C1CC3(CCCC3)Oc3ccccc31)CC2. The van der Waals surface area contributed by atoms with Crippen LogP contribution in [0.2, 0.25) is 0 Å². The molecule has 2 spiro atoms. The first-order chi connectivity index (χ1) is 17.8.